The van der Waals surface area contributed by atoms with E-state index in [1.165, 1.54) is 6.42 Å². The number of anilines is 3. The van der Waals surface area contributed by atoms with E-state index in [1.807, 2.05) is 7.05 Å². The van der Waals surface area contributed by atoms with Crippen molar-refractivity contribution in [2.24, 2.45) is 11.7 Å². The first-order valence-corrected chi connectivity index (χ1v) is 12.6. The van der Waals surface area contributed by atoms with Crippen molar-refractivity contribution in [3.05, 3.63) is 33.4 Å². The van der Waals surface area contributed by atoms with Crippen LogP contribution in [0.3, 0.4) is 0 Å². The van der Waals surface area contributed by atoms with E-state index in [1.54, 1.807) is 18.3 Å². The van der Waals surface area contributed by atoms with E-state index in [2.05, 4.69) is 19.8 Å². The zero-order chi connectivity index (χ0) is 24.0. The lowest BCUT2D eigenvalue weighted by molar-refractivity contribution is -0.122. The van der Waals surface area contributed by atoms with E-state index < -0.39 is 0 Å². The topological polar surface area (TPSA) is 102 Å². The highest BCUT2D eigenvalue weighted by Gasteiger charge is 2.30. The minimum Gasteiger partial charge on any atom is -0.369 e. The van der Waals surface area contributed by atoms with Crippen LogP contribution < -0.4 is 16.0 Å². The summed E-state index contributed by atoms with van der Waals surface area (Å²) in [6, 6.07) is 3.82. The lowest BCUT2D eigenvalue weighted by atomic mass is 9.85. The number of fused-ring (bicyclic) bond motifs is 1. The van der Waals surface area contributed by atoms with E-state index >= 15 is 0 Å². The minimum absolute atomic E-state index is 0.0877. The largest absolute Gasteiger partial charge is 0.369 e. The van der Waals surface area contributed by atoms with Crippen LogP contribution in [0.1, 0.15) is 51.0 Å². The second kappa shape index (κ2) is 9.40. The molecule has 34 heavy (non-hydrogen) atoms. The maximum absolute atomic E-state index is 11.7. The molecule has 2 aliphatic carbocycles. The fourth-order valence-corrected chi connectivity index (χ4v) is 5.73. The molecule has 2 fully saturated rings. The standard InChI is InChI=1S/C23H26Cl3N7O/c1-32(14-3-2-4-14)22-28-11-18-21(31-22)33(15-7-5-12(6-8-15)20(27)34)23(29-18)30-19-16(25)9-13(24)10-17(19)26/h9-12,14-15H,2-8H2,1H3,(H2,27,34)(H,29,30). The summed E-state index contributed by atoms with van der Waals surface area (Å²) in [5, 5.41) is 4.55. The second-order valence-electron chi connectivity index (χ2n) is 9.16. The molecule has 0 bridgehead atoms. The van der Waals surface area contributed by atoms with Gasteiger partial charge in [-0.2, -0.15) is 4.98 Å². The van der Waals surface area contributed by atoms with Gasteiger partial charge in [-0.1, -0.05) is 34.8 Å². The smallest absolute Gasteiger partial charge is 0.227 e. The normalized spacial score (nSPS) is 20.8. The quantitative estimate of drug-likeness (QED) is 0.428. The van der Waals surface area contributed by atoms with Gasteiger partial charge in [0, 0.05) is 30.1 Å². The van der Waals surface area contributed by atoms with Crippen molar-refractivity contribution in [1.82, 2.24) is 19.5 Å². The van der Waals surface area contributed by atoms with Crippen LogP contribution in [0.2, 0.25) is 15.1 Å². The molecule has 2 saturated carbocycles. The van der Waals surface area contributed by atoms with Crippen LogP contribution in [-0.4, -0.2) is 38.5 Å². The molecule has 1 amide bonds. The van der Waals surface area contributed by atoms with E-state index in [-0.39, 0.29) is 17.9 Å². The number of halogens is 3. The summed E-state index contributed by atoms with van der Waals surface area (Å²) in [5.41, 5.74) is 7.50. The molecule has 0 saturated heterocycles. The number of carbonyl (C=O) groups excluding carboxylic acids is 1. The fourth-order valence-electron chi connectivity index (χ4n) is 4.82. The summed E-state index contributed by atoms with van der Waals surface area (Å²) in [5.74, 6) is 0.913. The Morgan fingerprint density at radius 2 is 1.76 bits per heavy atom. The first-order chi connectivity index (χ1) is 16.3. The highest BCUT2D eigenvalue weighted by molar-refractivity contribution is 6.41. The van der Waals surface area contributed by atoms with Crippen LogP contribution in [0.15, 0.2) is 18.3 Å². The van der Waals surface area contributed by atoms with E-state index in [4.69, 9.17) is 50.5 Å². The molecule has 5 rings (SSSR count). The van der Waals surface area contributed by atoms with Gasteiger partial charge in [0.2, 0.25) is 17.8 Å². The van der Waals surface area contributed by atoms with Crippen LogP contribution in [0, 0.1) is 5.92 Å². The number of amides is 1. The Morgan fingerprint density at radius 3 is 2.35 bits per heavy atom. The molecular weight excluding hydrogens is 497 g/mol. The maximum Gasteiger partial charge on any atom is 0.227 e. The molecule has 180 valence electrons. The van der Waals surface area contributed by atoms with E-state index in [9.17, 15) is 4.79 Å². The Balaban J connectivity index is 1.56. The lowest BCUT2D eigenvalue weighted by Gasteiger charge is -2.34. The lowest BCUT2D eigenvalue weighted by Crippen LogP contribution is -2.38. The molecule has 2 aromatic heterocycles. The van der Waals surface area contributed by atoms with Gasteiger partial charge in [-0.15, -0.1) is 0 Å². The van der Waals surface area contributed by atoms with Crippen molar-refractivity contribution in [3.63, 3.8) is 0 Å². The molecular formula is C23H26Cl3N7O. The van der Waals surface area contributed by atoms with Gasteiger partial charge >= 0.3 is 0 Å². The van der Waals surface area contributed by atoms with Crippen LogP contribution >= 0.6 is 34.8 Å². The summed E-state index contributed by atoms with van der Waals surface area (Å²) in [6.45, 7) is 0. The average molecular weight is 523 g/mol. The third-order valence-corrected chi connectivity index (χ3v) is 7.88. The number of hydrogen-bond acceptors (Lipinski definition) is 6. The second-order valence-corrected chi connectivity index (χ2v) is 10.4. The van der Waals surface area contributed by atoms with E-state index in [0.29, 0.717) is 44.2 Å². The van der Waals surface area contributed by atoms with Gasteiger partial charge in [-0.25, -0.2) is 9.97 Å². The highest BCUT2D eigenvalue weighted by atomic mass is 35.5. The minimum atomic E-state index is -0.237. The van der Waals surface area contributed by atoms with Crippen LogP contribution in [0.5, 0.6) is 0 Å². The third-order valence-electron chi connectivity index (χ3n) is 7.07. The number of hydrogen-bond donors (Lipinski definition) is 2. The molecule has 0 atom stereocenters. The predicted octanol–water partition coefficient (Wildman–Crippen LogP) is 5.74. The molecule has 0 aliphatic heterocycles. The van der Waals surface area contributed by atoms with Gasteiger partial charge in [0.15, 0.2) is 5.65 Å². The molecule has 2 aliphatic rings. The Hall–Kier alpha value is -2.29. The SMILES string of the molecule is CN(c1ncc2nc(Nc3c(Cl)cc(Cl)cc3Cl)n(C3CCC(C(N)=O)CC3)c2n1)C1CCC1. The van der Waals surface area contributed by atoms with Crippen LogP contribution in [0.25, 0.3) is 11.2 Å². The third kappa shape index (κ3) is 4.39. The van der Waals surface area contributed by atoms with Crippen molar-refractivity contribution in [2.75, 3.05) is 17.3 Å². The number of benzene rings is 1. The summed E-state index contributed by atoms with van der Waals surface area (Å²) >= 11 is 19.0. The summed E-state index contributed by atoms with van der Waals surface area (Å²) in [7, 11) is 2.04. The van der Waals surface area contributed by atoms with Crippen molar-refractivity contribution >= 4 is 69.5 Å². The first-order valence-electron chi connectivity index (χ1n) is 11.5. The van der Waals surface area contributed by atoms with Crippen molar-refractivity contribution in [1.29, 1.82) is 0 Å². The zero-order valence-electron chi connectivity index (χ0n) is 18.8. The molecule has 0 unspecified atom stereocenters. The van der Waals surface area contributed by atoms with Crippen molar-refractivity contribution in [3.8, 4) is 0 Å². The predicted molar refractivity (Wildman–Crippen MR) is 136 cm³/mol. The molecule has 1 aromatic carbocycles. The number of nitrogens with one attached hydrogen (secondary N) is 1. The van der Waals surface area contributed by atoms with Crippen LogP contribution in [0.4, 0.5) is 17.6 Å². The number of nitrogens with zero attached hydrogens (tertiary/aromatic N) is 5. The number of carbonyl (C=O) groups is 1. The fraction of sp³-hybridized carbons (Fsp3) is 0.478. The van der Waals surface area contributed by atoms with Gasteiger partial charge in [-0.3, -0.25) is 9.36 Å². The van der Waals surface area contributed by atoms with Gasteiger partial charge in [0.1, 0.15) is 5.52 Å². The summed E-state index contributed by atoms with van der Waals surface area (Å²) in [4.78, 5) is 28.1. The Labute approximate surface area is 212 Å². The maximum atomic E-state index is 11.7. The number of nitrogens with two attached hydrogens (primary N) is 1. The Kier molecular flexibility index (Phi) is 6.48. The Morgan fingerprint density at radius 1 is 1.09 bits per heavy atom. The summed E-state index contributed by atoms with van der Waals surface area (Å²) in [6.07, 6.45) is 8.30. The monoisotopic (exact) mass is 521 g/mol. The van der Waals surface area contributed by atoms with Crippen LogP contribution in [-0.2, 0) is 4.79 Å². The van der Waals surface area contributed by atoms with Gasteiger partial charge in [0.25, 0.3) is 0 Å². The molecule has 2 heterocycles. The number of aromatic nitrogens is 4. The molecule has 0 spiro atoms. The van der Waals surface area contributed by atoms with Gasteiger partial charge < -0.3 is 16.0 Å². The first kappa shape index (κ1) is 23.5. The number of imidazole rings is 1. The number of rotatable bonds is 6. The van der Waals surface area contributed by atoms with Crippen molar-refractivity contribution < 1.29 is 4.79 Å². The molecule has 8 nitrogen and oxygen atoms in total. The van der Waals surface area contributed by atoms with Gasteiger partial charge in [0.05, 0.1) is 21.9 Å². The molecule has 3 aromatic rings. The highest BCUT2D eigenvalue weighted by Crippen LogP contribution is 2.40. The van der Waals surface area contributed by atoms with E-state index in [0.717, 1.165) is 44.2 Å². The summed E-state index contributed by atoms with van der Waals surface area (Å²) < 4.78 is 2.09. The Bertz CT molecular complexity index is 1210. The molecule has 3 N–H and O–H groups in total. The molecule has 11 heteroatoms. The number of primary amides is 1. The zero-order valence-corrected chi connectivity index (χ0v) is 21.0. The van der Waals surface area contributed by atoms with Gasteiger partial charge in [-0.05, 0) is 57.1 Å². The average Bonchev–Trinajstić information content (AvgIpc) is 3.12. The molecule has 0 radical (unpaired) electrons. The van der Waals surface area contributed by atoms with Crippen molar-refractivity contribution in [2.45, 2.75) is 57.0 Å².